The van der Waals surface area contributed by atoms with Crippen molar-refractivity contribution in [1.29, 1.82) is 0 Å². The molecular formula is C18H21N7O. The average molecular weight is 351 g/mol. The van der Waals surface area contributed by atoms with Gasteiger partial charge < -0.3 is 10.2 Å². The third-order valence-corrected chi connectivity index (χ3v) is 4.60. The number of nitrogens with zero attached hydrogens (tertiary/aromatic N) is 6. The molecule has 1 aliphatic rings. The largest absolute Gasteiger partial charge is 0.356 e. The fourth-order valence-electron chi connectivity index (χ4n) is 3.25. The fraction of sp³-hybridized carbons (Fsp3) is 0.389. The van der Waals surface area contributed by atoms with Gasteiger partial charge in [0.15, 0.2) is 5.65 Å². The third-order valence-electron chi connectivity index (χ3n) is 4.60. The zero-order valence-corrected chi connectivity index (χ0v) is 14.5. The summed E-state index contributed by atoms with van der Waals surface area (Å²) < 4.78 is 1.63. The Bertz CT molecular complexity index is 887. The number of hydrogen-bond donors (Lipinski definition) is 1. The van der Waals surface area contributed by atoms with Crippen LogP contribution in [0.5, 0.6) is 0 Å². The molecule has 0 atom stereocenters. The van der Waals surface area contributed by atoms with E-state index in [1.54, 1.807) is 29.6 Å². The van der Waals surface area contributed by atoms with Gasteiger partial charge in [0, 0.05) is 32.0 Å². The Morgan fingerprint density at radius 3 is 2.73 bits per heavy atom. The van der Waals surface area contributed by atoms with Gasteiger partial charge in [0.1, 0.15) is 18.7 Å². The molecule has 1 aliphatic heterocycles. The molecule has 1 amide bonds. The second-order valence-corrected chi connectivity index (χ2v) is 6.42. The Kier molecular flexibility index (Phi) is 4.72. The molecule has 0 spiro atoms. The minimum atomic E-state index is -0.107. The molecule has 8 heteroatoms. The highest BCUT2D eigenvalue weighted by Gasteiger charge is 2.18. The SMILES string of the molecule is O=C(Cn1ncc2c(N3CCCCC3)ncnc21)NCc1ccncc1. The first-order valence-electron chi connectivity index (χ1n) is 8.88. The number of fused-ring (bicyclic) bond motifs is 1. The van der Waals surface area contributed by atoms with Gasteiger partial charge in [0.2, 0.25) is 5.91 Å². The normalized spacial score (nSPS) is 14.5. The Morgan fingerprint density at radius 1 is 1.12 bits per heavy atom. The lowest BCUT2D eigenvalue weighted by Crippen LogP contribution is -2.30. The molecule has 0 aliphatic carbocycles. The van der Waals surface area contributed by atoms with Gasteiger partial charge in [-0.25, -0.2) is 14.6 Å². The summed E-state index contributed by atoms with van der Waals surface area (Å²) in [5.74, 6) is 0.808. The second kappa shape index (κ2) is 7.47. The van der Waals surface area contributed by atoms with Crippen molar-refractivity contribution in [2.75, 3.05) is 18.0 Å². The maximum atomic E-state index is 12.3. The summed E-state index contributed by atoms with van der Waals surface area (Å²) in [5.41, 5.74) is 1.70. The van der Waals surface area contributed by atoms with Crippen molar-refractivity contribution in [3.63, 3.8) is 0 Å². The number of hydrogen-bond acceptors (Lipinski definition) is 6. The Labute approximate surface area is 151 Å². The molecular weight excluding hydrogens is 330 g/mol. The van der Waals surface area contributed by atoms with E-state index in [-0.39, 0.29) is 12.5 Å². The molecule has 1 N–H and O–H groups in total. The highest BCUT2D eigenvalue weighted by molar-refractivity contribution is 5.87. The fourth-order valence-corrected chi connectivity index (χ4v) is 3.25. The predicted octanol–water partition coefficient (Wildman–Crippen LogP) is 1.53. The minimum Gasteiger partial charge on any atom is -0.356 e. The monoisotopic (exact) mass is 351 g/mol. The minimum absolute atomic E-state index is 0.107. The van der Waals surface area contributed by atoms with Crippen LogP contribution < -0.4 is 10.2 Å². The van der Waals surface area contributed by atoms with Crippen LogP contribution in [0.2, 0.25) is 0 Å². The highest BCUT2D eigenvalue weighted by atomic mass is 16.2. The lowest BCUT2D eigenvalue weighted by Gasteiger charge is -2.27. The van der Waals surface area contributed by atoms with E-state index in [9.17, 15) is 4.79 Å². The first kappa shape index (κ1) is 16.4. The molecule has 26 heavy (non-hydrogen) atoms. The average Bonchev–Trinajstić information content (AvgIpc) is 3.11. The number of amides is 1. The van der Waals surface area contributed by atoms with E-state index in [4.69, 9.17) is 0 Å². The number of piperidine rings is 1. The smallest absolute Gasteiger partial charge is 0.242 e. The number of anilines is 1. The number of rotatable bonds is 5. The maximum Gasteiger partial charge on any atom is 0.242 e. The van der Waals surface area contributed by atoms with Gasteiger partial charge in [-0.15, -0.1) is 0 Å². The molecule has 3 aromatic rings. The van der Waals surface area contributed by atoms with E-state index in [2.05, 4.69) is 30.3 Å². The van der Waals surface area contributed by atoms with E-state index >= 15 is 0 Å². The van der Waals surface area contributed by atoms with Gasteiger partial charge in [-0.3, -0.25) is 9.78 Å². The van der Waals surface area contributed by atoms with Crippen LogP contribution in [-0.2, 0) is 17.9 Å². The standard InChI is InChI=1S/C18H21N7O/c26-16(20-10-14-4-6-19-7-5-14)12-25-18-15(11-23-25)17(21-13-22-18)24-8-2-1-3-9-24/h4-7,11,13H,1-3,8-10,12H2,(H,20,26). The molecule has 0 unspecified atom stereocenters. The van der Waals surface area contributed by atoms with Crippen molar-refractivity contribution in [2.45, 2.75) is 32.4 Å². The summed E-state index contributed by atoms with van der Waals surface area (Å²) >= 11 is 0. The molecule has 0 radical (unpaired) electrons. The maximum absolute atomic E-state index is 12.3. The van der Waals surface area contributed by atoms with Crippen LogP contribution in [0.25, 0.3) is 11.0 Å². The first-order valence-corrected chi connectivity index (χ1v) is 8.88. The molecule has 3 aromatic heterocycles. The summed E-state index contributed by atoms with van der Waals surface area (Å²) in [6.45, 7) is 2.60. The van der Waals surface area contributed by atoms with Crippen LogP contribution in [0.15, 0.2) is 37.1 Å². The van der Waals surface area contributed by atoms with E-state index in [0.717, 1.165) is 29.9 Å². The molecule has 4 heterocycles. The molecule has 1 fully saturated rings. The van der Waals surface area contributed by atoms with Gasteiger partial charge in [-0.05, 0) is 37.0 Å². The van der Waals surface area contributed by atoms with E-state index in [1.165, 1.54) is 19.3 Å². The zero-order valence-electron chi connectivity index (χ0n) is 14.5. The van der Waals surface area contributed by atoms with E-state index in [1.807, 2.05) is 12.1 Å². The Morgan fingerprint density at radius 2 is 1.92 bits per heavy atom. The molecule has 0 bridgehead atoms. The van der Waals surface area contributed by atoms with Gasteiger partial charge >= 0.3 is 0 Å². The number of pyridine rings is 1. The molecule has 0 saturated carbocycles. The van der Waals surface area contributed by atoms with Gasteiger partial charge in [-0.2, -0.15) is 5.10 Å². The number of carbonyl (C=O) groups is 1. The third kappa shape index (κ3) is 3.49. The van der Waals surface area contributed by atoms with Crippen molar-refractivity contribution in [1.82, 2.24) is 30.0 Å². The molecule has 1 saturated heterocycles. The van der Waals surface area contributed by atoms with Crippen molar-refractivity contribution < 1.29 is 4.79 Å². The molecule has 4 rings (SSSR count). The van der Waals surface area contributed by atoms with Crippen molar-refractivity contribution >= 4 is 22.8 Å². The second-order valence-electron chi connectivity index (χ2n) is 6.42. The van der Waals surface area contributed by atoms with Crippen LogP contribution in [0.1, 0.15) is 24.8 Å². The number of nitrogens with one attached hydrogen (secondary N) is 1. The van der Waals surface area contributed by atoms with Crippen molar-refractivity contribution in [3.05, 3.63) is 42.6 Å². The van der Waals surface area contributed by atoms with Gasteiger partial charge in [-0.1, -0.05) is 0 Å². The summed E-state index contributed by atoms with van der Waals surface area (Å²) in [7, 11) is 0. The van der Waals surface area contributed by atoms with Crippen molar-refractivity contribution in [2.24, 2.45) is 0 Å². The predicted molar refractivity (Wildman–Crippen MR) is 97.5 cm³/mol. The molecule has 134 valence electrons. The molecule has 0 aromatic carbocycles. The topological polar surface area (TPSA) is 88.8 Å². The summed E-state index contributed by atoms with van der Waals surface area (Å²) in [5, 5.41) is 8.16. The van der Waals surface area contributed by atoms with Crippen LogP contribution >= 0.6 is 0 Å². The van der Waals surface area contributed by atoms with E-state index < -0.39 is 0 Å². The van der Waals surface area contributed by atoms with E-state index in [0.29, 0.717) is 12.2 Å². The summed E-state index contributed by atoms with van der Waals surface area (Å²) in [6, 6.07) is 3.75. The lowest BCUT2D eigenvalue weighted by molar-refractivity contribution is -0.121. The van der Waals surface area contributed by atoms with Crippen LogP contribution in [0, 0.1) is 0 Å². The number of aromatic nitrogens is 5. The Balaban J connectivity index is 1.47. The van der Waals surface area contributed by atoms with Gasteiger partial charge in [0.05, 0.1) is 11.6 Å². The first-order chi connectivity index (χ1) is 12.8. The quantitative estimate of drug-likeness (QED) is 0.750. The van der Waals surface area contributed by atoms with Crippen LogP contribution in [-0.4, -0.2) is 43.7 Å². The van der Waals surface area contributed by atoms with Gasteiger partial charge in [0.25, 0.3) is 0 Å². The summed E-state index contributed by atoms with van der Waals surface area (Å²) in [6.07, 6.45) is 10.4. The van der Waals surface area contributed by atoms with Crippen LogP contribution in [0.4, 0.5) is 5.82 Å². The zero-order chi connectivity index (χ0) is 17.8. The summed E-state index contributed by atoms with van der Waals surface area (Å²) in [4.78, 5) is 27.3. The lowest BCUT2D eigenvalue weighted by atomic mass is 10.1. The van der Waals surface area contributed by atoms with Crippen LogP contribution in [0.3, 0.4) is 0 Å². The number of carbonyl (C=O) groups excluding carboxylic acids is 1. The Hall–Kier alpha value is -3.03. The highest BCUT2D eigenvalue weighted by Crippen LogP contribution is 2.25. The van der Waals surface area contributed by atoms with Crippen molar-refractivity contribution in [3.8, 4) is 0 Å². The molecule has 8 nitrogen and oxygen atoms in total.